The van der Waals surface area contributed by atoms with Gasteiger partial charge in [-0.25, -0.2) is 0 Å². The van der Waals surface area contributed by atoms with Gasteiger partial charge in [-0.3, -0.25) is 0 Å². The Morgan fingerprint density at radius 2 is 1.95 bits per heavy atom. The molecule has 1 aliphatic heterocycles. The van der Waals surface area contributed by atoms with Crippen LogP contribution in [0.2, 0.25) is 0 Å². The standard InChI is InChI=1S/C16H23NO2/c1-17-10-9-16(8-4-5-15(16)17)12-6-7-13(18-2)14(11-12)19-3/h6-7,11,15H,4-5,8-10H2,1-3H3. The summed E-state index contributed by atoms with van der Waals surface area (Å²) in [6, 6.07) is 7.18. The van der Waals surface area contributed by atoms with E-state index < -0.39 is 0 Å². The lowest BCUT2D eigenvalue weighted by molar-refractivity contribution is 0.271. The first-order valence-corrected chi connectivity index (χ1v) is 7.14. The van der Waals surface area contributed by atoms with Crippen molar-refractivity contribution in [2.24, 2.45) is 0 Å². The smallest absolute Gasteiger partial charge is 0.161 e. The number of rotatable bonds is 3. The number of likely N-dealkylation sites (tertiary alicyclic amines) is 1. The van der Waals surface area contributed by atoms with Crippen LogP contribution in [0.3, 0.4) is 0 Å². The van der Waals surface area contributed by atoms with Crippen LogP contribution in [0, 0.1) is 0 Å². The Labute approximate surface area is 115 Å². The number of hydrogen-bond donors (Lipinski definition) is 0. The van der Waals surface area contributed by atoms with E-state index in [1.807, 2.05) is 0 Å². The molecule has 1 saturated carbocycles. The highest BCUT2D eigenvalue weighted by Gasteiger charge is 2.50. The summed E-state index contributed by atoms with van der Waals surface area (Å²) in [7, 11) is 5.67. The average Bonchev–Trinajstić information content (AvgIpc) is 3.00. The second kappa shape index (κ2) is 4.71. The predicted molar refractivity (Wildman–Crippen MR) is 76.1 cm³/mol. The first-order chi connectivity index (χ1) is 9.21. The normalized spacial score (nSPS) is 30.4. The SMILES string of the molecule is COc1ccc(C23CCCC2N(C)CC3)cc1OC. The fraction of sp³-hybridized carbons (Fsp3) is 0.625. The van der Waals surface area contributed by atoms with Crippen LogP contribution in [0.1, 0.15) is 31.2 Å². The summed E-state index contributed by atoms with van der Waals surface area (Å²) in [6.07, 6.45) is 5.23. The van der Waals surface area contributed by atoms with Crippen molar-refractivity contribution in [3.63, 3.8) is 0 Å². The molecule has 0 N–H and O–H groups in total. The van der Waals surface area contributed by atoms with Gasteiger partial charge in [0.25, 0.3) is 0 Å². The Kier molecular flexibility index (Phi) is 3.17. The molecule has 2 fully saturated rings. The Morgan fingerprint density at radius 1 is 1.16 bits per heavy atom. The van der Waals surface area contributed by atoms with Crippen molar-refractivity contribution < 1.29 is 9.47 Å². The lowest BCUT2D eigenvalue weighted by Gasteiger charge is -2.32. The molecule has 1 aliphatic carbocycles. The molecule has 0 bridgehead atoms. The van der Waals surface area contributed by atoms with Gasteiger partial charge in [-0.1, -0.05) is 12.5 Å². The summed E-state index contributed by atoms with van der Waals surface area (Å²) in [5.41, 5.74) is 1.77. The van der Waals surface area contributed by atoms with Crippen molar-refractivity contribution in [2.75, 3.05) is 27.8 Å². The summed E-state index contributed by atoms with van der Waals surface area (Å²) in [6.45, 7) is 1.21. The van der Waals surface area contributed by atoms with Crippen LogP contribution in [-0.2, 0) is 5.41 Å². The van der Waals surface area contributed by atoms with Crippen LogP contribution in [-0.4, -0.2) is 38.8 Å². The van der Waals surface area contributed by atoms with Crippen LogP contribution >= 0.6 is 0 Å². The van der Waals surface area contributed by atoms with Crippen LogP contribution in [0.25, 0.3) is 0 Å². The van der Waals surface area contributed by atoms with Gasteiger partial charge in [0.05, 0.1) is 14.2 Å². The molecular formula is C16H23NO2. The molecule has 0 amide bonds. The molecule has 0 aromatic heterocycles. The lowest BCUT2D eigenvalue weighted by Crippen LogP contribution is -2.36. The predicted octanol–water partition coefficient (Wildman–Crippen LogP) is 2.83. The van der Waals surface area contributed by atoms with Crippen molar-refractivity contribution >= 4 is 0 Å². The maximum absolute atomic E-state index is 5.47. The average molecular weight is 261 g/mol. The first kappa shape index (κ1) is 12.8. The monoisotopic (exact) mass is 261 g/mol. The molecule has 1 heterocycles. The van der Waals surface area contributed by atoms with Gasteiger partial charge in [-0.15, -0.1) is 0 Å². The van der Waals surface area contributed by atoms with Crippen molar-refractivity contribution in [2.45, 2.75) is 37.1 Å². The summed E-state index contributed by atoms with van der Waals surface area (Å²) < 4.78 is 10.8. The third-order valence-electron chi connectivity index (χ3n) is 5.14. The van der Waals surface area contributed by atoms with Gasteiger partial charge in [-0.05, 0) is 50.6 Å². The molecule has 3 heteroatoms. The minimum absolute atomic E-state index is 0.342. The van der Waals surface area contributed by atoms with Crippen molar-refractivity contribution in [1.82, 2.24) is 4.90 Å². The van der Waals surface area contributed by atoms with Gasteiger partial charge in [0.2, 0.25) is 0 Å². The molecule has 1 aromatic carbocycles. The van der Waals surface area contributed by atoms with Crippen LogP contribution in [0.15, 0.2) is 18.2 Å². The number of benzene rings is 1. The lowest BCUT2D eigenvalue weighted by atomic mass is 9.75. The maximum Gasteiger partial charge on any atom is 0.161 e. The number of methoxy groups -OCH3 is 2. The van der Waals surface area contributed by atoms with Crippen LogP contribution < -0.4 is 9.47 Å². The van der Waals surface area contributed by atoms with Gasteiger partial charge in [0.15, 0.2) is 11.5 Å². The Hall–Kier alpha value is -1.22. The second-order valence-electron chi connectivity index (χ2n) is 5.86. The van der Waals surface area contributed by atoms with E-state index in [0.717, 1.165) is 11.5 Å². The summed E-state index contributed by atoms with van der Waals surface area (Å²) in [4.78, 5) is 2.53. The molecule has 0 radical (unpaired) electrons. The van der Waals surface area contributed by atoms with Gasteiger partial charge < -0.3 is 14.4 Å². The Bertz CT molecular complexity index is 474. The topological polar surface area (TPSA) is 21.7 Å². The quantitative estimate of drug-likeness (QED) is 0.835. The van der Waals surface area contributed by atoms with E-state index in [-0.39, 0.29) is 0 Å². The highest BCUT2D eigenvalue weighted by Crippen LogP contribution is 2.51. The Morgan fingerprint density at radius 3 is 2.68 bits per heavy atom. The number of ether oxygens (including phenoxy) is 2. The molecule has 1 aromatic rings. The fourth-order valence-electron chi connectivity index (χ4n) is 4.15. The molecule has 19 heavy (non-hydrogen) atoms. The maximum atomic E-state index is 5.47. The molecule has 3 nitrogen and oxygen atoms in total. The zero-order valence-electron chi connectivity index (χ0n) is 12.1. The molecule has 2 unspecified atom stereocenters. The minimum Gasteiger partial charge on any atom is -0.493 e. The number of hydrogen-bond acceptors (Lipinski definition) is 3. The third-order valence-corrected chi connectivity index (χ3v) is 5.14. The van der Waals surface area contributed by atoms with Gasteiger partial charge >= 0.3 is 0 Å². The summed E-state index contributed by atoms with van der Waals surface area (Å²) in [5.74, 6) is 1.68. The van der Waals surface area contributed by atoms with E-state index in [2.05, 4.69) is 30.1 Å². The van der Waals surface area contributed by atoms with E-state index in [0.29, 0.717) is 11.5 Å². The molecule has 104 valence electrons. The van der Waals surface area contributed by atoms with Crippen LogP contribution in [0.5, 0.6) is 11.5 Å². The van der Waals surface area contributed by atoms with Gasteiger partial charge in [-0.2, -0.15) is 0 Å². The highest BCUT2D eigenvalue weighted by molar-refractivity contribution is 5.46. The van der Waals surface area contributed by atoms with Gasteiger partial charge in [0, 0.05) is 11.5 Å². The van der Waals surface area contributed by atoms with E-state index in [1.165, 1.54) is 37.8 Å². The number of likely N-dealkylation sites (N-methyl/N-ethyl adjacent to an activating group) is 1. The van der Waals surface area contributed by atoms with E-state index in [1.54, 1.807) is 14.2 Å². The van der Waals surface area contributed by atoms with Crippen molar-refractivity contribution in [3.05, 3.63) is 23.8 Å². The fourth-order valence-corrected chi connectivity index (χ4v) is 4.15. The Balaban J connectivity index is 2.02. The van der Waals surface area contributed by atoms with E-state index in [4.69, 9.17) is 9.47 Å². The molecule has 2 aliphatic rings. The third kappa shape index (κ3) is 1.83. The number of nitrogens with zero attached hydrogens (tertiary/aromatic N) is 1. The summed E-state index contributed by atoms with van der Waals surface area (Å²) in [5, 5.41) is 0. The van der Waals surface area contributed by atoms with Crippen molar-refractivity contribution in [3.8, 4) is 11.5 Å². The van der Waals surface area contributed by atoms with Crippen molar-refractivity contribution in [1.29, 1.82) is 0 Å². The van der Waals surface area contributed by atoms with E-state index in [9.17, 15) is 0 Å². The highest BCUT2D eigenvalue weighted by atomic mass is 16.5. The second-order valence-corrected chi connectivity index (χ2v) is 5.86. The minimum atomic E-state index is 0.342. The zero-order chi connectivity index (χ0) is 13.5. The largest absolute Gasteiger partial charge is 0.493 e. The summed E-state index contributed by atoms with van der Waals surface area (Å²) >= 11 is 0. The van der Waals surface area contributed by atoms with E-state index >= 15 is 0 Å². The van der Waals surface area contributed by atoms with Crippen LogP contribution in [0.4, 0.5) is 0 Å². The molecule has 1 saturated heterocycles. The molecule has 0 spiro atoms. The number of fused-ring (bicyclic) bond motifs is 1. The molecule has 3 rings (SSSR count). The molecule has 2 atom stereocenters. The van der Waals surface area contributed by atoms with Gasteiger partial charge in [0.1, 0.15) is 0 Å². The zero-order valence-corrected chi connectivity index (χ0v) is 12.1. The molecular weight excluding hydrogens is 238 g/mol. The first-order valence-electron chi connectivity index (χ1n) is 7.14.